The van der Waals surface area contributed by atoms with Gasteiger partial charge in [-0.25, -0.2) is 4.79 Å². The molecule has 0 aromatic heterocycles. The summed E-state index contributed by atoms with van der Waals surface area (Å²) >= 11 is 0. The van der Waals surface area contributed by atoms with Crippen LogP contribution in [0.15, 0.2) is 0 Å². The number of amides is 1. The summed E-state index contributed by atoms with van der Waals surface area (Å²) < 4.78 is 12.4. The normalized spacial score (nSPS) is 34.6. The summed E-state index contributed by atoms with van der Waals surface area (Å²) in [7, 11) is 0. The average molecular weight is 144 g/mol. The van der Waals surface area contributed by atoms with Gasteiger partial charge in [0.15, 0.2) is 0 Å². The molecule has 0 unspecified atom stereocenters. The third-order valence-corrected chi connectivity index (χ3v) is 1.42. The number of rotatable bonds is 1. The summed E-state index contributed by atoms with van der Waals surface area (Å²) in [4.78, 5) is 12.5. The Morgan fingerprint density at radius 2 is 2.50 bits per heavy atom. The Balaban J connectivity index is 2.71. The lowest BCUT2D eigenvalue weighted by Crippen LogP contribution is -2.31. The third-order valence-electron chi connectivity index (χ3n) is 1.42. The van der Waals surface area contributed by atoms with E-state index in [-0.39, 0.29) is 18.2 Å². The Bertz CT molecular complexity index is 172. The molecule has 1 amide bonds. The van der Waals surface area contributed by atoms with Crippen molar-refractivity contribution in [1.29, 1.82) is 0 Å². The number of cyclic esters (lactones) is 1. The van der Waals surface area contributed by atoms with Crippen LogP contribution in [-0.4, -0.2) is 29.7 Å². The topological polar surface area (TPSA) is 29.5 Å². The molecule has 3 heteroatoms. The first-order valence-corrected chi connectivity index (χ1v) is 3.45. The van der Waals surface area contributed by atoms with Crippen molar-refractivity contribution in [2.24, 2.45) is 0 Å². The van der Waals surface area contributed by atoms with Crippen LogP contribution >= 0.6 is 0 Å². The summed E-state index contributed by atoms with van der Waals surface area (Å²) in [6.07, 6.45) is -0.669. The molecule has 1 fully saturated rings. The van der Waals surface area contributed by atoms with Gasteiger partial charge in [0, 0.05) is 6.04 Å². The molecule has 0 aromatic carbocycles. The molecule has 1 aliphatic rings. The van der Waals surface area contributed by atoms with Crippen molar-refractivity contribution in [2.75, 3.05) is 6.52 Å². The number of nitrogens with zero attached hydrogens (tertiary/aromatic N) is 1. The zero-order valence-corrected chi connectivity index (χ0v) is 6.50. The van der Waals surface area contributed by atoms with Crippen molar-refractivity contribution in [3.05, 3.63) is 0 Å². The highest BCUT2D eigenvalue weighted by molar-refractivity contribution is 5.70. The monoisotopic (exact) mass is 144 g/mol. The SMILES string of the molecule is [2H][C@H]1[C@H](C)OC(=O)N1C(C)C. The molecule has 0 radical (unpaired) electrons. The Morgan fingerprint density at radius 1 is 1.90 bits per heavy atom. The number of carbonyl (C=O) groups is 1. The molecule has 1 rings (SSSR count). The van der Waals surface area contributed by atoms with E-state index in [1.54, 1.807) is 6.92 Å². The largest absolute Gasteiger partial charge is 0.444 e. The lowest BCUT2D eigenvalue weighted by Gasteiger charge is -2.16. The molecule has 2 atom stereocenters. The number of hydrogen-bond donors (Lipinski definition) is 0. The van der Waals surface area contributed by atoms with Crippen molar-refractivity contribution < 1.29 is 10.9 Å². The van der Waals surface area contributed by atoms with Crippen LogP contribution in [0.25, 0.3) is 0 Å². The van der Waals surface area contributed by atoms with E-state index in [2.05, 4.69) is 0 Å². The van der Waals surface area contributed by atoms with E-state index in [0.717, 1.165) is 0 Å². The fraction of sp³-hybridized carbons (Fsp3) is 0.857. The fourth-order valence-corrected chi connectivity index (χ4v) is 0.920. The lowest BCUT2D eigenvalue weighted by molar-refractivity contribution is 0.135. The summed E-state index contributed by atoms with van der Waals surface area (Å²) in [6.45, 7) is 4.95. The molecule has 58 valence electrons. The second kappa shape index (κ2) is 2.48. The summed E-state index contributed by atoms with van der Waals surface area (Å²) in [6, 6.07) is 0.0509. The second-order valence-corrected chi connectivity index (χ2v) is 2.74. The van der Waals surface area contributed by atoms with Gasteiger partial charge >= 0.3 is 6.09 Å². The van der Waals surface area contributed by atoms with Gasteiger partial charge in [-0.05, 0) is 20.8 Å². The molecule has 0 aromatic rings. The van der Waals surface area contributed by atoms with E-state index < -0.39 is 6.52 Å². The van der Waals surface area contributed by atoms with Crippen molar-refractivity contribution in [3.8, 4) is 0 Å². The maximum Gasteiger partial charge on any atom is 0.410 e. The Morgan fingerprint density at radius 3 is 2.70 bits per heavy atom. The van der Waals surface area contributed by atoms with Crippen molar-refractivity contribution in [1.82, 2.24) is 4.90 Å². The molecule has 1 saturated heterocycles. The molecule has 0 spiro atoms. The lowest BCUT2D eigenvalue weighted by atomic mass is 10.3. The first-order chi connectivity index (χ1) is 5.04. The van der Waals surface area contributed by atoms with Gasteiger partial charge in [0.1, 0.15) is 6.10 Å². The smallest absolute Gasteiger partial charge is 0.410 e. The molecule has 10 heavy (non-hydrogen) atoms. The molecule has 1 heterocycles. The van der Waals surface area contributed by atoms with Crippen molar-refractivity contribution in [2.45, 2.75) is 32.9 Å². The van der Waals surface area contributed by atoms with E-state index in [9.17, 15) is 4.79 Å². The van der Waals surface area contributed by atoms with Crippen LogP contribution in [0.5, 0.6) is 0 Å². The van der Waals surface area contributed by atoms with Crippen LogP contribution in [0.4, 0.5) is 4.79 Å². The minimum Gasteiger partial charge on any atom is -0.444 e. The van der Waals surface area contributed by atoms with Crippen molar-refractivity contribution >= 4 is 6.09 Å². The van der Waals surface area contributed by atoms with E-state index >= 15 is 0 Å². The number of ether oxygens (including phenoxy) is 1. The molecule has 0 bridgehead atoms. The molecule has 0 aliphatic carbocycles. The van der Waals surface area contributed by atoms with Crippen LogP contribution in [0.1, 0.15) is 22.1 Å². The Hall–Kier alpha value is -0.730. The molecule has 0 saturated carbocycles. The molecular formula is C7H13NO2. The van der Waals surface area contributed by atoms with Gasteiger partial charge in [-0.1, -0.05) is 0 Å². The van der Waals surface area contributed by atoms with Crippen LogP contribution in [0.3, 0.4) is 0 Å². The highest BCUT2D eigenvalue weighted by atomic mass is 16.6. The number of hydrogen-bond acceptors (Lipinski definition) is 2. The van der Waals surface area contributed by atoms with Crippen LogP contribution < -0.4 is 0 Å². The maximum atomic E-state index is 11.0. The van der Waals surface area contributed by atoms with E-state index in [1.807, 2.05) is 13.8 Å². The Kier molecular flexibility index (Phi) is 1.49. The third kappa shape index (κ3) is 1.23. The van der Waals surface area contributed by atoms with Gasteiger partial charge in [0.05, 0.1) is 7.89 Å². The second-order valence-electron chi connectivity index (χ2n) is 2.74. The van der Waals surface area contributed by atoms with Gasteiger partial charge in [-0.15, -0.1) is 0 Å². The van der Waals surface area contributed by atoms with Gasteiger partial charge in [0.2, 0.25) is 0 Å². The van der Waals surface area contributed by atoms with Crippen LogP contribution in [0, 0.1) is 0 Å². The number of carbonyl (C=O) groups excluding carboxylic acids is 1. The standard InChI is InChI=1S/C7H13NO2/c1-5(2)8-4-6(3)10-7(8)9/h5-6H,4H2,1-3H3/t6-/m0/s1/i4D/t4-,6-. The predicted molar refractivity (Wildman–Crippen MR) is 37.8 cm³/mol. The first kappa shape index (κ1) is 6.01. The van der Waals surface area contributed by atoms with Gasteiger partial charge < -0.3 is 9.64 Å². The molecule has 0 N–H and O–H groups in total. The summed E-state index contributed by atoms with van der Waals surface area (Å²) in [5, 5.41) is 0. The summed E-state index contributed by atoms with van der Waals surface area (Å²) in [5.74, 6) is 0. The molecule has 3 nitrogen and oxygen atoms in total. The quantitative estimate of drug-likeness (QED) is 0.554. The van der Waals surface area contributed by atoms with Gasteiger partial charge in [-0.2, -0.15) is 0 Å². The van der Waals surface area contributed by atoms with E-state index in [1.165, 1.54) is 4.90 Å². The highest BCUT2D eigenvalue weighted by Gasteiger charge is 2.29. The zero-order chi connectivity index (χ0) is 8.59. The highest BCUT2D eigenvalue weighted by Crippen LogP contribution is 2.12. The minimum atomic E-state index is -0.539. The van der Waals surface area contributed by atoms with Crippen molar-refractivity contribution in [3.63, 3.8) is 0 Å². The Labute approximate surface area is 62.4 Å². The first-order valence-electron chi connectivity index (χ1n) is 4.03. The van der Waals surface area contributed by atoms with E-state index in [0.29, 0.717) is 0 Å². The average Bonchev–Trinajstić information content (AvgIpc) is 2.07. The molecule has 1 aliphatic heterocycles. The van der Waals surface area contributed by atoms with Gasteiger partial charge in [-0.3, -0.25) is 0 Å². The fourth-order valence-electron chi connectivity index (χ4n) is 0.920. The zero-order valence-electron chi connectivity index (χ0n) is 7.50. The minimum absolute atomic E-state index is 0.0509. The van der Waals surface area contributed by atoms with Gasteiger partial charge in [0.25, 0.3) is 0 Å². The summed E-state index contributed by atoms with van der Waals surface area (Å²) in [5.41, 5.74) is 0. The van der Waals surface area contributed by atoms with Crippen LogP contribution in [0.2, 0.25) is 0 Å². The van der Waals surface area contributed by atoms with E-state index in [4.69, 9.17) is 6.11 Å². The molecular weight excluding hydrogens is 130 g/mol. The predicted octanol–water partition coefficient (Wildman–Crippen LogP) is 1.24. The maximum absolute atomic E-state index is 11.0. The van der Waals surface area contributed by atoms with Crippen LogP contribution in [-0.2, 0) is 4.74 Å².